The number of halogens is 1. The highest BCUT2D eigenvalue weighted by Gasteiger charge is 2.20. The molecule has 15 heavy (non-hydrogen) atoms. The zero-order valence-corrected chi connectivity index (χ0v) is 9.58. The maximum absolute atomic E-state index is 11.4. The molecule has 1 aromatic heterocycles. The fourth-order valence-electron chi connectivity index (χ4n) is 1.00. The Bertz CT molecular complexity index is 374. The molecular formula is C9H10BrNO4. The summed E-state index contributed by atoms with van der Waals surface area (Å²) in [6.45, 7) is 1.68. The molecule has 0 bridgehead atoms. The molecule has 0 saturated carbocycles. The minimum absolute atomic E-state index is 0.0848. The van der Waals surface area contributed by atoms with Crippen LogP contribution in [0.1, 0.15) is 23.9 Å². The molecule has 82 valence electrons. The molecule has 6 heteroatoms. The summed E-state index contributed by atoms with van der Waals surface area (Å²) in [5.41, 5.74) is 0. The van der Waals surface area contributed by atoms with Crippen molar-refractivity contribution in [3.05, 3.63) is 22.6 Å². The fourth-order valence-corrected chi connectivity index (χ4v) is 1.31. The van der Waals surface area contributed by atoms with E-state index in [4.69, 9.17) is 9.52 Å². The highest BCUT2D eigenvalue weighted by atomic mass is 79.9. The first-order chi connectivity index (χ1) is 7.04. The van der Waals surface area contributed by atoms with Gasteiger partial charge in [0.1, 0.15) is 6.04 Å². The van der Waals surface area contributed by atoms with Gasteiger partial charge in [-0.1, -0.05) is 6.92 Å². The molecule has 5 nitrogen and oxygen atoms in total. The molecule has 1 amide bonds. The molecule has 1 heterocycles. The Morgan fingerprint density at radius 3 is 2.67 bits per heavy atom. The summed E-state index contributed by atoms with van der Waals surface area (Å²) in [7, 11) is 0. The van der Waals surface area contributed by atoms with Crippen LogP contribution >= 0.6 is 15.9 Å². The molecule has 0 aromatic carbocycles. The summed E-state index contributed by atoms with van der Waals surface area (Å²) >= 11 is 3.05. The average Bonchev–Trinajstić information content (AvgIpc) is 2.60. The summed E-state index contributed by atoms with van der Waals surface area (Å²) in [5, 5.41) is 11.1. The molecule has 0 aliphatic rings. The molecule has 1 rings (SSSR count). The van der Waals surface area contributed by atoms with Crippen LogP contribution in [0.4, 0.5) is 0 Å². The van der Waals surface area contributed by atoms with Crippen LogP contribution < -0.4 is 5.32 Å². The molecule has 0 aliphatic carbocycles. The van der Waals surface area contributed by atoms with Crippen molar-refractivity contribution in [3.8, 4) is 0 Å². The van der Waals surface area contributed by atoms with E-state index in [-0.39, 0.29) is 5.76 Å². The van der Waals surface area contributed by atoms with Crippen molar-refractivity contribution in [2.24, 2.45) is 0 Å². The van der Waals surface area contributed by atoms with E-state index in [0.717, 1.165) is 0 Å². The van der Waals surface area contributed by atoms with E-state index >= 15 is 0 Å². The van der Waals surface area contributed by atoms with Gasteiger partial charge in [0.2, 0.25) is 0 Å². The largest absolute Gasteiger partial charge is 0.480 e. The first-order valence-electron chi connectivity index (χ1n) is 4.33. The van der Waals surface area contributed by atoms with Crippen LogP contribution in [-0.2, 0) is 4.79 Å². The van der Waals surface area contributed by atoms with Gasteiger partial charge in [0.05, 0.1) is 0 Å². The van der Waals surface area contributed by atoms with Gasteiger partial charge >= 0.3 is 5.97 Å². The minimum Gasteiger partial charge on any atom is -0.480 e. The van der Waals surface area contributed by atoms with Gasteiger partial charge in [-0.3, -0.25) is 4.79 Å². The second-order valence-electron chi connectivity index (χ2n) is 2.88. The Morgan fingerprint density at radius 2 is 2.27 bits per heavy atom. The third kappa shape index (κ3) is 3.09. The van der Waals surface area contributed by atoms with Crippen LogP contribution in [-0.4, -0.2) is 23.0 Å². The normalized spacial score (nSPS) is 12.1. The van der Waals surface area contributed by atoms with Gasteiger partial charge in [0.15, 0.2) is 10.4 Å². The number of carboxylic acid groups (broad SMARTS) is 1. The maximum atomic E-state index is 11.4. The van der Waals surface area contributed by atoms with Gasteiger partial charge < -0.3 is 14.8 Å². The Balaban J connectivity index is 2.66. The highest BCUT2D eigenvalue weighted by molar-refractivity contribution is 9.10. The number of rotatable bonds is 4. The van der Waals surface area contributed by atoms with Gasteiger partial charge in [0, 0.05) is 0 Å². The summed E-state index contributed by atoms with van der Waals surface area (Å²) in [4.78, 5) is 22.1. The Morgan fingerprint density at radius 1 is 1.60 bits per heavy atom. The number of amides is 1. The van der Waals surface area contributed by atoms with Gasteiger partial charge in [-0.25, -0.2) is 4.79 Å². The van der Waals surface area contributed by atoms with Crippen LogP contribution in [0, 0.1) is 0 Å². The number of aliphatic carboxylic acids is 1. The molecule has 0 fully saturated rings. The monoisotopic (exact) mass is 275 g/mol. The lowest BCUT2D eigenvalue weighted by Gasteiger charge is -2.10. The van der Waals surface area contributed by atoms with E-state index in [0.29, 0.717) is 11.1 Å². The number of nitrogens with one attached hydrogen (secondary N) is 1. The van der Waals surface area contributed by atoms with Crippen LogP contribution in [0.15, 0.2) is 21.2 Å². The molecule has 0 aliphatic heterocycles. The van der Waals surface area contributed by atoms with Crippen molar-refractivity contribution in [2.45, 2.75) is 19.4 Å². The van der Waals surface area contributed by atoms with Crippen LogP contribution in [0.2, 0.25) is 0 Å². The first-order valence-corrected chi connectivity index (χ1v) is 5.13. The first kappa shape index (κ1) is 11.8. The predicted octanol–water partition coefficient (Wildman–Crippen LogP) is 1.64. The second-order valence-corrected chi connectivity index (χ2v) is 3.66. The number of furan rings is 1. The van der Waals surface area contributed by atoms with E-state index in [2.05, 4.69) is 21.2 Å². The Hall–Kier alpha value is -1.30. The van der Waals surface area contributed by atoms with Gasteiger partial charge in [-0.2, -0.15) is 0 Å². The number of carboxylic acids is 1. The predicted molar refractivity (Wildman–Crippen MR) is 55.6 cm³/mol. The Kier molecular flexibility index (Phi) is 3.90. The fraction of sp³-hybridized carbons (Fsp3) is 0.333. The lowest BCUT2D eigenvalue weighted by molar-refractivity contribution is -0.139. The smallest absolute Gasteiger partial charge is 0.326 e. The number of hydrogen-bond donors (Lipinski definition) is 2. The molecule has 2 N–H and O–H groups in total. The summed E-state index contributed by atoms with van der Waals surface area (Å²) in [5.74, 6) is -1.51. The minimum atomic E-state index is -1.06. The topological polar surface area (TPSA) is 79.5 Å². The quantitative estimate of drug-likeness (QED) is 0.876. The standard InChI is InChI=1S/C9H10BrNO4/c1-2-5(9(13)14)11-8(12)6-3-4-7(10)15-6/h3-5H,2H2,1H3,(H,11,12)(H,13,14)/t5-/m0/s1. The van der Waals surface area contributed by atoms with Gasteiger partial charge in [0.25, 0.3) is 5.91 Å². The highest BCUT2D eigenvalue weighted by Crippen LogP contribution is 2.13. The Labute approximate surface area is 94.6 Å². The third-order valence-electron chi connectivity index (χ3n) is 1.81. The summed E-state index contributed by atoms with van der Waals surface area (Å²) < 4.78 is 5.41. The van der Waals surface area contributed by atoms with E-state index in [1.807, 2.05) is 0 Å². The van der Waals surface area contributed by atoms with Crippen molar-refractivity contribution >= 4 is 27.8 Å². The van der Waals surface area contributed by atoms with Crippen molar-refractivity contribution in [1.82, 2.24) is 5.32 Å². The SMILES string of the molecule is CC[C@H](NC(=O)c1ccc(Br)o1)C(=O)O. The van der Waals surface area contributed by atoms with Gasteiger partial charge in [-0.05, 0) is 34.5 Å². The molecule has 1 atom stereocenters. The zero-order valence-electron chi connectivity index (χ0n) is 7.99. The number of carbonyl (C=O) groups is 2. The van der Waals surface area contributed by atoms with Crippen molar-refractivity contribution in [2.75, 3.05) is 0 Å². The number of hydrogen-bond acceptors (Lipinski definition) is 3. The summed E-state index contributed by atoms with van der Waals surface area (Å²) in [6, 6.07) is 2.14. The molecule has 0 saturated heterocycles. The molecule has 0 radical (unpaired) electrons. The summed E-state index contributed by atoms with van der Waals surface area (Å²) in [6.07, 6.45) is 0.322. The van der Waals surface area contributed by atoms with Crippen LogP contribution in [0.25, 0.3) is 0 Å². The lowest BCUT2D eigenvalue weighted by Crippen LogP contribution is -2.40. The van der Waals surface area contributed by atoms with E-state index < -0.39 is 17.9 Å². The van der Waals surface area contributed by atoms with E-state index in [1.54, 1.807) is 13.0 Å². The van der Waals surface area contributed by atoms with Gasteiger partial charge in [-0.15, -0.1) is 0 Å². The molecule has 0 spiro atoms. The van der Waals surface area contributed by atoms with Crippen molar-refractivity contribution < 1.29 is 19.1 Å². The maximum Gasteiger partial charge on any atom is 0.326 e. The zero-order chi connectivity index (χ0) is 11.4. The second kappa shape index (κ2) is 4.97. The van der Waals surface area contributed by atoms with Crippen LogP contribution in [0.3, 0.4) is 0 Å². The molecule has 1 aromatic rings. The lowest BCUT2D eigenvalue weighted by atomic mass is 10.2. The van der Waals surface area contributed by atoms with Crippen LogP contribution in [0.5, 0.6) is 0 Å². The van der Waals surface area contributed by atoms with Crippen molar-refractivity contribution in [3.63, 3.8) is 0 Å². The average molecular weight is 276 g/mol. The van der Waals surface area contributed by atoms with E-state index in [1.165, 1.54) is 6.07 Å². The number of carbonyl (C=O) groups excluding carboxylic acids is 1. The molecular weight excluding hydrogens is 266 g/mol. The third-order valence-corrected chi connectivity index (χ3v) is 2.23. The molecule has 0 unspecified atom stereocenters. The van der Waals surface area contributed by atoms with Crippen molar-refractivity contribution in [1.29, 1.82) is 0 Å². The van der Waals surface area contributed by atoms with E-state index in [9.17, 15) is 9.59 Å².